The van der Waals surface area contributed by atoms with Crippen LogP contribution in [0.4, 0.5) is 5.95 Å². The second kappa shape index (κ2) is 8.21. The lowest BCUT2D eigenvalue weighted by atomic mass is 9.96. The molecule has 1 saturated heterocycles. The molecule has 2 aromatic heterocycles. The molecule has 7 heteroatoms. The van der Waals surface area contributed by atoms with Crippen LogP contribution in [0.15, 0.2) is 42.7 Å². The van der Waals surface area contributed by atoms with Crippen LogP contribution in [0.25, 0.3) is 11.1 Å². The molecule has 0 amide bonds. The number of ether oxygens (including phenoxy) is 1. The number of aromatic nitrogens is 4. The number of rotatable bonds is 6. The van der Waals surface area contributed by atoms with Crippen molar-refractivity contribution in [2.24, 2.45) is 7.05 Å². The summed E-state index contributed by atoms with van der Waals surface area (Å²) in [6, 6.07) is 10.2. The number of methoxy groups -OCH3 is 1. The molecule has 1 atom stereocenters. The largest absolute Gasteiger partial charge is 0.497 e. The van der Waals surface area contributed by atoms with Crippen LogP contribution < -0.4 is 9.64 Å². The standard InChI is InChI=1S/C22H28N6O/c1-26(2)22-23-13-20(16-5-7-19(29-4)8-6-16)21(25-22)17-10-12-28(14-17)15-18-9-11-24-27(18)3/h5-9,11,13,17H,10,12,14-15H2,1-4H3/t17-/m0/s1. The van der Waals surface area contributed by atoms with Crippen molar-refractivity contribution in [2.45, 2.75) is 18.9 Å². The first-order valence-electron chi connectivity index (χ1n) is 9.93. The van der Waals surface area contributed by atoms with Crippen LogP contribution in [0.2, 0.25) is 0 Å². The third kappa shape index (κ3) is 4.10. The maximum Gasteiger partial charge on any atom is 0.225 e. The van der Waals surface area contributed by atoms with Gasteiger partial charge in [-0.25, -0.2) is 9.97 Å². The van der Waals surface area contributed by atoms with Gasteiger partial charge in [0, 0.05) is 58.1 Å². The molecule has 4 rings (SSSR count). The van der Waals surface area contributed by atoms with Crippen molar-refractivity contribution >= 4 is 5.95 Å². The Kier molecular flexibility index (Phi) is 5.49. The summed E-state index contributed by atoms with van der Waals surface area (Å²) in [4.78, 5) is 14.0. The van der Waals surface area contributed by atoms with E-state index in [-0.39, 0.29) is 0 Å². The van der Waals surface area contributed by atoms with E-state index in [1.165, 1.54) is 5.69 Å². The predicted molar refractivity (Wildman–Crippen MR) is 114 cm³/mol. The van der Waals surface area contributed by atoms with E-state index < -0.39 is 0 Å². The lowest BCUT2D eigenvalue weighted by Crippen LogP contribution is -2.22. The number of hydrogen-bond donors (Lipinski definition) is 0. The third-order valence-electron chi connectivity index (χ3n) is 5.57. The molecule has 1 aliphatic heterocycles. The van der Waals surface area contributed by atoms with Crippen LogP contribution in [0.5, 0.6) is 5.75 Å². The van der Waals surface area contributed by atoms with Crippen molar-refractivity contribution in [3.63, 3.8) is 0 Å². The molecular weight excluding hydrogens is 364 g/mol. The van der Waals surface area contributed by atoms with E-state index in [4.69, 9.17) is 9.72 Å². The van der Waals surface area contributed by atoms with E-state index in [0.717, 1.165) is 54.6 Å². The van der Waals surface area contributed by atoms with E-state index in [1.54, 1.807) is 7.11 Å². The molecule has 0 radical (unpaired) electrons. The minimum atomic E-state index is 0.377. The second-order valence-electron chi connectivity index (χ2n) is 7.76. The molecule has 1 aromatic carbocycles. The molecule has 0 bridgehead atoms. The van der Waals surface area contributed by atoms with E-state index in [9.17, 15) is 0 Å². The SMILES string of the molecule is COc1ccc(-c2cnc(N(C)C)nc2[C@H]2CCN(Cc3ccnn3C)C2)cc1. The van der Waals surface area contributed by atoms with Crippen LogP contribution in [-0.2, 0) is 13.6 Å². The Hall–Kier alpha value is -2.93. The van der Waals surface area contributed by atoms with Gasteiger partial charge in [-0.1, -0.05) is 12.1 Å². The van der Waals surface area contributed by atoms with Gasteiger partial charge < -0.3 is 9.64 Å². The molecule has 7 nitrogen and oxygen atoms in total. The van der Waals surface area contributed by atoms with Gasteiger partial charge in [-0.05, 0) is 36.7 Å². The van der Waals surface area contributed by atoms with Gasteiger partial charge in [-0.2, -0.15) is 5.10 Å². The summed E-state index contributed by atoms with van der Waals surface area (Å²) in [6.45, 7) is 2.95. The zero-order valence-corrected chi connectivity index (χ0v) is 17.5. The Bertz CT molecular complexity index is 966. The summed E-state index contributed by atoms with van der Waals surface area (Å²) in [6.07, 6.45) is 4.91. The van der Waals surface area contributed by atoms with Crippen molar-refractivity contribution in [1.82, 2.24) is 24.6 Å². The monoisotopic (exact) mass is 392 g/mol. The van der Waals surface area contributed by atoms with Crippen molar-refractivity contribution in [3.8, 4) is 16.9 Å². The molecule has 0 spiro atoms. The van der Waals surface area contributed by atoms with Crippen LogP contribution in [0.3, 0.4) is 0 Å². The van der Waals surface area contributed by atoms with Crippen LogP contribution in [0.1, 0.15) is 23.7 Å². The second-order valence-corrected chi connectivity index (χ2v) is 7.76. The lowest BCUT2D eigenvalue weighted by Gasteiger charge is -2.19. The predicted octanol–water partition coefficient (Wildman–Crippen LogP) is 2.94. The van der Waals surface area contributed by atoms with Gasteiger partial charge in [0.1, 0.15) is 5.75 Å². The Labute approximate surface area is 172 Å². The summed E-state index contributed by atoms with van der Waals surface area (Å²) >= 11 is 0. The van der Waals surface area contributed by atoms with Crippen molar-refractivity contribution in [3.05, 3.63) is 54.1 Å². The molecule has 0 aliphatic carbocycles. The molecule has 29 heavy (non-hydrogen) atoms. The molecular formula is C22H28N6O. The van der Waals surface area contributed by atoms with Gasteiger partial charge in [0.05, 0.1) is 18.5 Å². The normalized spacial score (nSPS) is 16.9. The van der Waals surface area contributed by atoms with E-state index in [2.05, 4.69) is 33.2 Å². The van der Waals surface area contributed by atoms with Gasteiger partial charge in [-0.15, -0.1) is 0 Å². The van der Waals surface area contributed by atoms with Gasteiger partial charge >= 0.3 is 0 Å². The van der Waals surface area contributed by atoms with E-state index >= 15 is 0 Å². The van der Waals surface area contributed by atoms with Crippen LogP contribution in [-0.4, -0.2) is 58.9 Å². The molecule has 1 fully saturated rings. The van der Waals surface area contributed by atoms with Crippen LogP contribution in [0, 0.1) is 0 Å². The summed E-state index contributed by atoms with van der Waals surface area (Å²) < 4.78 is 7.26. The van der Waals surface area contributed by atoms with Gasteiger partial charge in [0.25, 0.3) is 0 Å². The summed E-state index contributed by atoms with van der Waals surface area (Å²) in [7, 11) is 7.65. The summed E-state index contributed by atoms with van der Waals surface area (Å²) in [5.41, 5.74) is 4.58. The highest BCUT2D eigenvalue weighted by Crippen LogP contribution is 2.35. The van der Waals surface area contributed by atoms with Crippen LogP contribution >= 0.6 is 0 Å². The minimum absolute atomic E-state index is 0.377. The van der Waals surface area contributed by atoms with E-state index in [1.807, 2.05) is 55.3 Å². The average molecular weight is 393 g/mol. The molecule has 3 aromatic rings. The molecule has 0 saturated carbocycles. The van der Waals surface area contributed by atoms with E-state index in [0.29, 0.717) is 5.92 Å². The lowest BCUT2D eigenvalue weighted by molar-refractivity contribution is 0.316. The molecule has 3 heterocycles. The first-order chi connectivity index (χ1) is 14.0. The highest BCUT2D eigenvalue weighted by atomic mass is 16.5. The molecule has 152 valence electrons. The van der Waals surface area contributed by atoms with Gasteiger partial charge in [-0.3, -0.25) is 9.58 Å². The fraction of sp³-hybridized carbons (Fsp3) is 0.409. The molecule has 0 N–H and O–H groups in total. The molecule has 1 aliphatic rings. The number of benzene rings is 1. The highest BCUT2D eigenvalue weighted by molar-refractivity contribution is 5.67. The average Bonchev–Trinajstić information content (AvgIpc) is 3.37. The van der Waals surface area contributed by atoms with Crippen molar-refractivity contribution in [2.75, 3.05) is 39.2 Å². The summed E-state index contributed by atoms with van der Waals surface area (Å²) in [5, 5.41) is 4.29. The number of aryl methyl sites for hydroxylation is 1. The Balaban J connectivity index is 1.62. The maximum absolute atomic E-state index is 5.31. The first kappa shape index (κ1) is 19.4. The number of nitrogens with zero attached hydrogens (tertiary/aromatic N) is 6. The van der Waals surface area contributed by atoms with Crippen molar-refractivity contribution < 1.29 is 4.74 Å². The fourth-order valence-electron chi connectivity index (χ4n) is 3.89. The minimum Gasteiger partial charge on any atom is -0.497 e. The highest BCUT2D eigenvalue weighted by Gasteiger charge is 2.28. The Morgan fingerprint density at radius 3 is 2.62 bits per heavy atom. The quantitative estimate of drug-likeness (QED) is 0.643. The van der Waals surface area contributed by atoms with Gasteiger partial charge in [0.15, 0.2) is 0 Å². The first-order valence-corrected chi connectivity index (χ1v) is 9.93. The summed E-state index contributed by atoms with van der Waals surface area (Å²) in [5.74, 6) is 1.98. The Morgan fingerprint density at radius 1 is 1.17 bits per heavy atom. The number of anilines is 1. The fourth-order valence-corrected chi connectivity index (χ4v) is 3.89. The van der Waals surface area contributed by atoms with Gasteiger partial charge in [0.2, 0.25) is 5.95 Å². The zero-order chi connectivity index (χ0) is 20.4. The number of hydrogen-bond acceptors (Lipinski definition) is 6. The smallest absolute Gasteiger partial charge is 0.225 e. The number of likely N-dealkylation sites (tertiary alicyclic amines) is 1. The van der Waals surface area contributed by atoms with Crippen molar-refractivity contribution in [1.29, 1.82) is 0 Å². The maximum atomic E-state index is 5.31. The zero-order valence-electron chi connectivity index (χ0n) is 17.5. The third-order valence-corrected chi connectivity index (χ3v) is 5.57. The molecule has 0 unspecified atom stereocenters. The topological polar surface area (TPSA) is 59.3 Å². The Morgan fingerprint density at radius 2 is 1.97 bits per heavy atom.